The molecule has 2 fully saturated rings. The van der Waals surface area contributed by atoms with Crippen LogP contribution in [-0.2, 0) is 4.79 Å². The summed E-state index contributed by atoms with van der Waals surface area (Å²) in [6.07, 6.45) is 10.9. The van der Waals surface area contributed by atoms with E-state index in [1.54, 1.807) is 0 Å². The average Bonchev–Trinajstić information content (AvgIpc) is 2.76. The molecule has 0 aliphatic heterocycles. The van der Waals surface area contributed by atoms with E-state index in [1.165, 1.54) is 19.3 Å². The molecule has 0 bridgehead atoms. The van der Waals surface area contributed by atoms with Crippen LogP contribution in [0.5, 0.6) is 0 Å². The smallest absolute Gasteiger partial charge is 0.223 e. The third kappa shape index (κ3) is 3.64. The average molecular weight is 271 g/mol. The second-order valence-corrected chi connectivity index (χ2v) is 6.92. The Balaban J connectivity index is 1.82. The molecule has 4 heteroatoms. The summed E-state index contributed by atoms with van der Waals surface area (Å²) in [5.74, 6) is 0.0466. The minimum Gasteiger partial charge on any atom is -0.389 e. The van der Waals surface area contributed by atoms with E-state index in [0.717, 1.165) is 32.1 Å². The molecule has 2 aliphatic rings. The number of hydrogen-bond acceptors (Lipinski definition) is 3. The zero-order chi connectivity index (χ0) is 13.0. The van der Waals surface area contributed by atoms with E-state index in [9.17, 15) is 9.90 Å². The summed E-state index contributed by atoms with van der Waals surface area (Å²) in [5.41, 5.74) is -0.715. The fraction of sp³-hybridized carbons (Fsp3) is 0.929. The van der Waals surface area contributed by atoms with E-state index in [2.05, 4.69) is 11.6 Å². The van der Waals surface area contributed by atoms with Crippen molar-refractivity contribution in [1.29, 1.82) is 0 Å². The number of hydrogen-bond donors (Lipinski definition) is 2. The Labute approximate surface area is 114 Å². The van der Waals surface area contributed by atoms with Gasteiger partial charge in [-0.25, -0.2) is 0 Å². The monoisotopic (exact) mass is 271 g/mol. The molecule has 2 atom stereocenters. The van der Waals surface area contributed by atoms with Gasteiger partial charge >= 0.3 is 0 Å². The minimum absolute atomic E-state index is 0.0466. The van der Waals surface area contributed by atoms with Crippen LogP contribution >= 0.6 is 11.8 Å². The van der Waals surface area contributed by atoms with E-state index >= 15 is 0 Å². The van der Waals surface area contributed by atoms with Gasteiger partial charge in [0.05, 0.1) is 12.0 Å². The first kappa shape index (κ1) is 14.2. The Bertz CT molecular complexity index is 290. The molecule has 2 aliphatic carbocycles. The number of nitrogens with one attached hydrogen (secondary N) is 1. The Hall–Kier alpha value is -0.220. The maximum absolute atomic E-state index is 12.1. The normalized spacial score (nSPS) is 31.2. The third-order valence-corrected chi connectivity index (χ3v) is 5.55. The van der Waals surface area contributed by atoms with Crippen LogP contribution in [0.4, 0.5) is 0 Å². The van der Waals surface area contributed by atoms with Crippen molar-refractivity contribution in [3.05, 3.63) is 0 Å². The van der Waals surface area contributed by atoms with E-state index in [4.69, 9.17) is 0 Å². The number of aliphatic hydroxyl groups is 1. The maximum Gasteiger partial charge on any atom is 0.223 e. The van der Waals surface area contributed by atoms with Crippen molar-refractivity contribution in [2.45, 2.75) is 74.7 Å². The van der Waals surface area contributed by atoms with Gasteiger partial charge in [-0.15, -0.1) is 0 Å². The SMILES string of the molecule is CS[C@@H]1CCCC[C@H]1NC(=O)CC1(O)CCCC1. The fourth-order valence-corrected chi connectivity index (χ4v) is 4.25. The second kappa shape index (κ2) is 6.29. The molecule has 2 saturated carbocycles. The first-order chi connectivity index (χ1) is 8.63. The highest BCUT2D eigenvalue weighted by atomic mass is 32.2. The highest BCUT2D eigenvalue weighted by Crippen LogP contribution is 2.33. The highest BCUT2D eigenvalue weighted by Gasteiger charge is 2.34. The Morgan fingerprint density at radius 2 is 1.94 bits per heavy atom. The largest absolute Gasteiger partial charge is 0.389 e. The summed E-state index contributed by atoms with van der Waals surface area (Å²) in [7, 11) is 0. The standard InChI is InChI=1S/C14H25NO2S/c1-18-12-7-3-2-6-11(12)15-13(16)10-14(17)8-4-5-9-14/h11-12,17H,2-10H2,1H3,(H,15,16)/t11-,12-/m1/s1. The van der Waals surface area contributed by atoms with Crippen LogP contribution in [0, 0.1) is 0 Å². The molecular formula is C14H25NO2S. The number of carbonyl (C=O) groups excluding carboxylic acids is 1. The van der Waals surface area contributed by atoms with Gasteiger partial charge < -0.3 is 10.4 Å². The van der Waals surface area contributed by atoms with Crippen molar-refractivity contribution >= 4 is 17.7 Å². The van der Waals surface area contributed by atoms with Gasteiger partial charge in [-0.2, -0.15) is 11.8 Å². The summed E-state index contributed by atoms with van der Waals surface area (Å²) in [4.78, 5) is 12.1. The van der Waals surface area contributed by atoms with Crippen molar-refractivity contribution in [1.82, 2.24) is 5.32 Å². The molecule has 18 heavy (non-hydrogen) atoms. The minimum atomic E-state index is -0.715. The zero-order valence-electron chi connectivity index (χ0n) is 11.3. The van der Waals surface area contributed by atoms with Crippen molar-refractivity contribution in [2.24, 2.45) is 0 Å². The Kier molecular flexibility index (Phi) is 4.96. The van der Waals surface area contributed by atoms with E-state index < -0.39 is 5.60 Å². The van der Waals surface area contributed by atoms with Crippen LogP contribution in [0.3, 0.4) is 0 Å². The molecule has 2 rings (SSSR count). The molecule has 1 amide bonds. The fourth-order valence-electron chi connectivity index (χ4n) is 3.31. The van der Waals surface area contributed by atoms with Crippen LogP contribution in [0.2, 0.25) is 0 Å². The predicted octanol–water partition coefficient (Wildman–Crippen LogP) is 2.47. The number of rotatable bonds is 4. The quantitative estimate of drug-likeness (QED) is 0.826. The number of thioether (sulfide) groups is 1. The van der Waals surface area contributed by atoms with Crippen LogP contribution in [0.15, 0.2) is 0 Å². The molecule has 0 aromatic heterocycles. The topological polar surface area (TPSA) is 49.3 Å². The lowest BCUT2D eigenvalue weighted by Crippen LogP contribution is -2.46. The van der Waals surface area contributed by atoms with Gasteiger partial charge in [0, 0.05) is 11.3 Å². The number of carbonyl (C=O) groups is 1. The van der Waals surface area contributed by atoms with Crippen LogP contribution in [-0.4, -0.2) is 34.2 Å². The van der Waals surface area contributed by atoms with Gasteiger partial charge in [0.25, 0.3) is 0 Å². The molecular weight excluding hydrogens is 246 g/mol. The third-order valence-electron chi connectivity index (χ3n) is 4.38. The lowest BCUT2D eigenvalue weighted by atomic mass is 9.93. The van der Waals surface area contributed by atoms with E-state index in [1.807, 2.05) is 11.8 Å². The molecule has 0 aromatic rings. The molecule has 0 saturated heterocycles. The molecule has 0 aromatic carbocycles. The lowest BCUT2D eigenvalue weighted by Gasteiger charge is -2.32. The summed E-state index contributed by atoms with van der Waals surface area (Å²) in [6.45, 7) is 0. The van der Waals surface area contributed by atoms with Crippen LogP contribution < -0.4 is 5.32 Å². The molecule has 0 spiro atoms. The van der Waals surface area contributed by atoms with Crippen molar-refractivity contribution < 1.29 is 9.90 Å². The summed E-state index contributed by atoms with van der Waals surface area (Å²) >= 11 is 1.86. The van der Waals surface area contributed by atoms with Gasteiger partial charge in [-0.05, 0) is 31.9 Å². The van der Waals surface area contributed by atoms with E-state index in [-0.39, 0.29) is 5.91 Å². The summed E-state index contributed by atoms with van der Waals surface area (Å²) < 4.78 is 0. The van der Waals surface area contributed by atoms with Gasteiger partial charge in [0.2, 0.25) is 5.91 Å². The zero-order valence-corrected chi connectivity index (χ0v) is 12.1. The molecule has 0 heterocycles. The van der Waals surface area contributed by atoms with E-state index in [0.29, 0.717) is 17.7 Å². The second-order valence-electron chi connectivity index (χ2n) is 5.84. The molecule has 104 valence electrons. The first-order valence-electron chi connectivity index (χ1n) is 7.17. The van der Waals surface area contributed by atoms with Gasteiger partial charge in [0.15, 0.2) is 0 Å². The number of amides is 1. The van der Waals surface area contributed by atoms with Crippen LogP contribution in [0.1, 0.15) is 57.8 Å². The van der Waals surface area contributed by atoms with Gasteiger partial charge in [-0.3, -0.25) is 4.79 Å². The van der Waals surface area contributed by atoms with Gasteiger partial charge in [0.1, 0.15) is 0 Å². The van der Waals surface area contributed by atoms with Crippen LogP contribution in [0.25, 0.3) is 0 Å². The van der Waals surface area contributed by atoms with Gasteiger partial charge in [-0.1, -0.05) is 25.7 Å². The molecule has 0 radical (unpaired) electrons. The van der Waals surface area contributed by atoms with Crippen molar-refractivity contribution in [2.75, 3.05) is 6.26 Å². The first-order valence-corrected chi connectivity index (χ1v) is 8.46. The Morgan fingerprint density at radius 1 is 1.28 bits per heavy atom. The molecule has 2 N–H and O–H groups in total. The van der Waals surface area contributed by atoms with Crippen molar-refractivity contribution in [3.63, 3.8) is 0 Å². The molecule has 3 nitrogen and oxygen atoms in total. The summed E-state index contributed by atoms with van der Waals surface area (Å²) in [5, 5.41) is 14.0. The summed E-state index contributed by atoms with van der Waals surface area (Å²) in [6, 6.07) is 0.311. The highest BCUT2D eigenvalue weighted by molar-refractivity contribution is 7.99. The predicted molar refractivity (Wildman–Crippen MR) is 75.7 cm³/mol. The lowest BCUT2D eigenvalue weighted by molar-refractivity contribution is -0.126. The molecule has 0 unspecified atom stereocenters. The van der Waals surface area contributed by atoms with Crippen molar-refractivity contribution in [3.8, 4) is 0 Å². The maximum atomic E-state index is 12.1. The Morgan fingerprint density at radius 3 is 2.61 bits per heavy atom.